The highest BCUT2D eigenvalue weighted by molar-refractivity contribution is 5.80. The summed E-state index contributed by atoms with van der Waals surface area (Å²) < 4.78 is 1.76. The number of carboxylic acid groups (broad SMARTS) is 1. The number of carbonyl (C=O) groups is 2. The van der Waals surface area contributed by atoms with Crippen LogP contribution in [0.2, 0.25) is 0 Å². The van der Waals surface area contributed by atoms with Crippen LogP contribution in [0.25, 0.3) is 0 Å². The molecule has 1 heterocycles. The topological polar surface area (TPSA) is 87.5 Å². The Hall–Kier alpha value is -2.05. The third kappa shape index (κ3) is 4.47. The maximum Gasteiger partial charge on any atom is 0.323 e. The predicted molar refractivity (Wildman–Crippen MR) is 77.0 cm³/mol. The Morgan fingerprint density at radius 3 is 2.76 bits per heavy atom. The van der Waals surface area contributed by atoms with E-state index in [0.29, 0.717) is 13.1 Å². The van der Waals surface area contributed by atoms with Gasteiger partial charge in [-0.05, 0) is 25.3 Å². The maximum absolute atomic E-state index is 12.2. The fourth-order valence-electron chi connectivity index (χ4n) is 2.70. The van der Waals surface area contributed by atoms with Gasteiger partial charge in [-0.3, -0.25) is 9.48 Å². The molecule has 0 saturated heterocycles. The smallest absolute Gasteiger partial charge is 0.323 e. The summed E-state index contributed by atoms with van der Waals surface area (Å²) in [6.45, 7) is 2.72. The van der Waals surface area contributed by atoms with Crippen molar-refractivity contribution in [2.75, 3.05) is 13.1 Å². The summed E-state index contributed by atoms with van der Waals surface area (Å²) in [5.74, 6) is -0.972. The lowest BCUT2D eigenvalue weighted by Crippen LogP contribution is -2.48. The molecule has 1 aromatic heterocycles. The zero-order valence-electron chi connectivity index (χ0n) is 12.3. The van der Waals surface area contributed by atoms with Gasteiger partial charge in [-0.25, -0.2) is 4.79 Å². The molecule has 2 rings (SSSR count). The van der Waals surface area contributed by atoms with Gasteiger partial charge in [0.2, 0.25) is 0 Å². The zero-order valence-corrected chi connectivity index (χ0v) is 12.3. The first kappa shape index (κ1) is 15.3. The number of aromatic nitrogens is 2. The molecule has 7 nitrogen and oxygen atoms in total. The Balaban J connectivity index is 1.84. The minimum atomic E-state index is -0.972. The summed E-state index contributed by atoms with van der Waals surface area (Å²) in [4.78, 5) is 24.6. The lowest BCUT2D eigenvalue weighted by atomic mass is 10.2. The number of amides is 2. The lowest BCUT2D eigenvalue weighted by molar-refractivity contribution is -0.138. The molecule has 0 spiro atoms. The number of urea groups is 1. The molecule has 116 valence electrons. The largest absolute Gasteiger partial charge is 0.480 e. The predicted octanol–water partition coefficient (Wildman–Crippen LogP) is 1.23. The Bertz CT molecular complexity index is 494. The SMILES string of the molecule is Cc1cnn(CCNC(=O)N(CC(=O)O)C2CCCC2)c1. The van der Waals surface area contributed by atoms with Crippen molar-refractivity contribution in [3.05, 3.63) is 18.0 Å². The van der Waals surface area contributed by atoms with Crippen LogP contribution in [0.4, 0.5) is 4.79 Å². The molecule has 2 amide bonds. The van der Waals surface area contributed by atoms with Crippen molar-refractivity contribution in [1.82, 2.24) is 20.0 Å². The van der Waals surface area contributed by atoms with Gasteiger partial charge in [0, 0.05) is 18.8 Å². The van der Waals surface area contributed by atoms with Crippen LogP contribution in [0.15, 0.2) is 12.4 Å². The minimum Gasteiger partial charge on any atom is -0.480 e. The Labute approximate surface area is 123 Å². The van der Waals surface area contributed by atoms with Gasteiger partial charge in [0.1, 0.15) is 6.54 Å². The van der Waals surface area contributed by atoms with Crippen LogP contribution in [-0.4, -0.2) is 50.9 Å². The summed E-state index contributed by atoms with van der Waals surface area (Å²) in [5.41, 5.74) is 1.07. The van der Waals surface area contributed by atoms with Crippen molar-refractivity contribution in [2.45, 2.75) is 45.2 Å². The summed E-state index contributed by atoms with van der Waals surface area (Å²) in [7, 11) is 0. The molecule has 0 aromatic carbocycles. The quantitative estimate of drug-likeness (QED) is 0.826. The molecule has 7 heteroatoms. The molecule has 1 aromatic rings. The standard InChI is InChI=1S/C14H22N4O3/c1-11-8-16-17(9-11)7-6-15-14(21)18(10-13(19)20)12-4-2-3-5-12/h8-9,12H,2-7,10H2,1H3,(H,15,21)(H,19,20). The molecule has 0 aliphatic heterocycles. The van der Waals surface area contributed by atoms with Gasteiger partial charge in [0.25, 0.3) is 0 Å². The van der Waals surface area contributed by atoms with Crippen LogP contribution in [0.3, 0.4) is 0 Å². The Morgan fingerprint density at radius 2 is 2.19 bits per heavy atom. The van der Waals surface area contributed by atoms with Gasteiger partial charge in [-0.2, -0.15) is 5.10 Å². The molecular formula is C14H22N4O3. The van der Waals surface area contributed by atoms with Crippen LogP contribution < -0.4 is 5.32 Å². The van der Waals surface area contributed by atoms with Gasteiger partial charge < -0.3 is 15.3 Å². The average molecular weight is 294 g/mol. The van der Waals surface area contributed by atoms with E-state index in [0.717, 1.165) is 31.2 Å². The number of hydrogen-bond acceptors (Lipinski definition) is 3. The van der Waals surface area contributed by atoms with Crippen LogP contribution >= 0.6 is 0 Å². The highest BCUT2D eigenvalue weighted by Gasteiger charge is 2.28. The molecule has 0 unspecified atom stereocenters. The molecule has 1 aliphatic rings. The van der Waals surface area contributed by atoms with E-state index in [-0.39, 0.29) is 18.6 Å². The molecule has 2 N–H and O–H groups in total. The van der Waals surface area contributed by atoms with Crippen molar-refractivity contribution in [1.29, 1.82) is 0 Å². The number of aryl methyl sites for hydroxylation is 1. The normalized spacial score (nSPS) is 15.1. The van der Waals surface area contributed by atoms with Crippen molar-refractivity contribution in [2.24, 2.45) is 0 Å². The van der Waals surface area contributed by atoms with E-state index >= 15 is 0 Å². The zero-order chi connectivity index (χ0) is 15.2. The van der Waals surface area contributed by atoms with Gasteiger partial charge in [-0.15, -0.1) is 0 Å². The first-order valence-electron chi connectivity index (χ1n) is 7.31. The highest BCUT2D eigenvalue weighted by Crippen LogP contribution is 2.23. The lowest BCUT2D eigenvalue weighted by Gasteiger charge is -2.27. The molecular weight excluding hydrogens is 272 g/mol. The van der Waals surface area contributed by atoms with Crippen molar-refractivity contribution in [3.63, 3.8) is 0 Å². The fraction of sp³-hybridized carbons (Fsp3) is 0.643. The molecule has 0 radical (unpaired) electrons. The first-order valence-corrected chi connectivity index (χ1v) is 7.31. The monoisotopic (exact) mass is 294 g/mol. The summed E-state index contributed by atoms with van der Waals surface area (Å²) in [6.07, 6.45) is 7.55. The third-order valence-corrected chi connectivity index (χ3v) is 3.71. The molecule has 1 fully saturated rings. The third-order valence-electron chi connectivity index (χ3n) is 3.71. The molecule has 1 aliphatic carbocycles. The van der Waals surface area contributed by atoms with Gasteiger partial charge in [0.15, 0.2) is 0 Å². The van der Waals surface area contributed by atoms with Crippen LogP contribution in [0, 0.1) is 6.92 Å². The van der Waals surface area contributed by atoms with E-state index in [4.69, 9.17) is 5.11 Å². The average Bonchev–Trinajstić information content (AvgIpc) is 3.07. The summed E-state index contributed by atoms with van der Waals surface area (Å²) >= 11 is 0. The number of carboxylic acids is 1. The van der Waals surface area contributed by atoms with E-state index in [1.165, 1.54) is 4.90 Å². The second kappa shape index (κ2) is 7.10. The van der Waals surface area contributed by atoms with E-state index < -0.39 is 5.97 Å². The van der Waals surface area contributed by atoms with E-state index in [1.54, 1.807) is 10.9 Å². The first-order chi connectivity index (χ1) is 10.1. The van der Waals surface area contributed by atoms with E-state index in [9.17, 15) is 9.59 Å². The van der Waals surface area contributed by atoms with Crippen LogP contribution in [0.5, 0.6) is 0 Å². The molecule has 1 saturated carbocycles. The number of carbonyl (C=O) groups excluding carboxylic acids is 1. The number of nitrogens with one attached hydrogen (secondary N) is 1. The second-order valence-corrected chi connectivity index (χ2v) is 5.47. The molecule has 0 bridgehead atoms. The van der Waals surface area contributed by atoms with Gasteiger partial charge >= 0.3 is 12.0 Å². The minimum absolute atomic E-state index is 0.0491. The summed E-state index contributed by atoms with van der Waals surface area (Å²) in [6, 6.07) is -0.249. The Kier molecular flexibility index (Phi) is 5.19. The number of aliphatic carboxylic acids is 1. The second-order valence-electron chi connectivity index (χ2n) is 5.47. The van der Waals surface area contributed by atoms with E-state index in [2.05, 4.69) is 10.4 Å². The number of rotatable bonds is 6. The molecule has 0 atom stereocenters. The number of nitrogens with zero attached hydrogens (tertiary/aromatic N) is 3. The van der Waals surface area contributed by atoms with Crippen molar-refractivity contribution < 1.29 is 14.7 Å². The van der Waals surface area contributed by atoms with Gasteiger partial charge in [-0.1, -0.05) is 12.8 Å². The van der Waals surface area contributed by atoms with Crippen LogP contribution in [-0.2, 0) is 11.3 Å². The van der Waals surface area contributed by atoms with E-state index in [1.807, 2.05) is 13.1 Å². The molecule has 21 heavy (non-hydrogen) atoms. The van der Waals surface area contributed by atoms with Crippen molar-refractivity contribution >= 4 is 12.0 Å². The Morgan fingerprint density at radius 1 is 1.48 bits per heavy atom. The van der Waals surface area contributed by atoms with Gasteiger partial charge in [0.05, 0.1) is 12.7 Å². The fourth-order valence-corrected chi connectivity index (χ4v) is 2.70. The van der Waals surface area contributed by atoms with Crippen molar-refractivity contribution in [3.8, 4) is 0 Å². The highest BCUT2D eigenvalue weighted by atomic mass is 16.4. The maximum atomic E-state index is 12.2. The number of hydrogen-bond donors (Lipinski definition) is 2. The summed E-state index contributed by atoms with van der Waals surface area (Å²) in [5, 5.41) is 15.9. The van der Waals surface area contributed by atoms with Crippen LogP contribution in [0.1, 0.15) is 31.2 Å².